The molecule has 0 saturated heterocycles. The van der Waals surface area contributed by atoms with Gasteiger partial charge in [0.2, 0.25) is 0 Å². The average Bonchev–Trinajstić information content (AvgIpc) is 3.03. The lowest BCUT2D eigenvalue weighted by molar-refractivity contribution is 0.0996. The molecule has 0 fully saturated rings. The number of hydrogen-bond acceptors (Lipinski definition) is 4. The topological polar surface area (TPSA) is 111 Å². The third kappa shape index (κ3) is 2.16. The molecule has 5 N–H and O–H groups in total. The first-order valence-electron chi connectivity index (χ1n) is 7.30. The smallest absolute Gasteiger partial charge is 0.269 e. The first-order valence-corrected chi connectivity index (χ1v) is 7.30. The molecule has 0 spiro atoms. The van der Waals surface area contributed by atoms with Crippen LogP contribution in [-0.2, 0) is 0 Å². The van der Waals surface area contributed by atoms with Crippen LogP contribution in [0.3, 0.4) is 0 Å². The molecule has 0 aliphatic rings. The first-order chi connectivity index (χ1) is 11.5. The number of nitrogens with one attached hydrogen (secondary N) is 1. The van der Waals surface area contributed by atoms with Crippen molar-refractivity contribution in [2.24, 2.45) is 5.73 Å². The summed E-state index contributed by atoms with van der Waals surface area (Å²) in [6.07, 6.45) is 4.93. The van der Waals surface area contributed by atoms with Gasteiger partial charge >= 0.3 is 0 Å². The quantitative estimate of drug-likeness (QED) is 0.686. The van der Waals surface area contributed by atoms with Crippen LogP contribution >= 0.6 is 0 Å². The summed E-state index contributed by atoms with van der Waals surface area (Å²) in [7, 11) is 0. The number of benzene rings is 1. The molecule has 1 aromatic carbocycles. The number of aromatic amines is 1. The number of aryl methyl sites for hydroxylation is 1. The largest absolute Gasteiger partial charge is 0.396 e. The van der Waals surface area contributed by atoms with E-state index in [1.807, 2.05) is 19.1 Å². The van der Waals surface area contributed by atoms with E-state index < -0.39 is 5.91 Å². The number of anilines is 1. The highest BCUT2D eigenvalue weighted by Gasteiger charge is 2.22. The number of nitrogens with two attached hydrogens (primary N) is 2. The Hall–Kier alpha value is -3.41. The number of primary amides is 1. The molecule has 0 atom stereocenters. The van der Waals surface area contributed by atoms with Crippen LogP contribution in [-0.4, -0.2) is 21.1 Å². The fraction of sp³-hybridized carbons (Fsp3) is 0.0556. The van der Waals surface area contributed by atoms with Gasteiger partial charge in [0, 0.05) is 16.5 Å². The monoisotopic (exact) mass is 319 g/mol. The van der Waals surface area contributed by atoms with E-state index in [-0.39, 0.29) is 11.4 Å². The summed E-state index contributed by atoms with van der Waals surface area (Å²) >= 11 is 0. The molecule has 3 aromatic rings. The first kappa shape index (κ1) is 15.5. The molecular weight excluding hydrogens is 302 g/mol. The Labute approximate surface area is 138 Å². The summed E-state index contributed by atoms with van der Waals surface area (Å²) in [5, 5.41) is 7.92. The molecule has 0 saturated carbocycles. The van der Waals surface area contributed by atoms with Gasteiger partial charge in [0.1, 0.15) is 0 Å². The molecule has 0 aliphatic heterocycles. The number of fused-ring (bicyclic) bond motifs is 1. The van der Waals surface area contributed by atoms with Crippen molar-refractivity contribution in [3.05, 3.63) is 54.0 Å². The summed E-state index contributed by atoms with van der Waals surface area (Å²) in [5.74, 6) is -0.690. The van der Waals surface area contributed by atoms with Crippen LogP contribution in [0.25, 0.3) is 34.2 Å². The minimum absolute atomic E-state index is 0.0189. The summed E-state index contributed by atoms with van der Waals surface area (Å²) in [6, 6.07) is 3.90. The molecule has 2 heterocycles. The van der Waals surface area contributed by atoms with E-state index >= 15 is 0 Å². The van der Waals surface area contributed by atoms with Crippen LogP contribution in [0.5, 0.6) is 0 Å². The van der Waals surface area contributed by atoms with Gasteiger partial charge in [-0.25, -0.2) is 4.98 Å². The summed E-state index contributed by atoms with van der Waals surface area (Å²) in [5.41, 5.74) is 16.5. The SMILES string of the molecule is C=Cc1nc(C(N)=O)c(N)c(-c2c(C)ccc3[nH]ncc23)c1C=C. The Morgan fingerprint density at radius 1 is 1.25 bits per heavy atom. The lowest BCUT2D eigenvalue weighted by atomic mass is 9.90. The molecule has 24 heavy (non-hydrogen) atoms. The van der Waals surface area contributed by atoms with Gasteiger partial charge in [0.25, 0.3) is 5.91 Å². The number of nitrogen functional groups attached to an aromatic ring is 1. The fourth-order valence-corrected chi connectivity index (χ4v) is 2.91. The maximum Gasteiger partial charge on any atom is 0.269 e. The predicted octanol–water partition coefficient (Wildman–Crippen LogP) is 2.90. The number of carbonyl (C=O) groups is 1. The van der Waals surface area contributed by atoms with Gasteiger partial charge < -0.3 is 11.5 Å². The minimum atomic E-state index is -0.690. The van der Waals surface area contributed by atoms with Gasteiger partial charge in [-0.1, -0.05) is 25.3 Å². The summed E-state index contributed by atoms with van der Waals surface area (Å²) in [6.45, 7) is 9.58. The van der Waals surface area contributed by atoms with Gasteiger partial charge in [-0.15, -0.1) is 0 Å². The van der Waals surface area contributed by atoms with Crippen LogP contribution in [0.15, 0.2) is 31.5 Å². The number of carbonyl (C=O) groups excluding carboxylic acids is 1. The van der Waals surface area contributed by atoms with E-state index in [4.69, 9.17) is 11.5 Å². The van der Waals surface area contributed by atoms with Crippen molar-refractivity contribution < 1.29 is 4.79 Å². The van der Waals surface area contributed by atoms with Gasteiger partial charge in [-0.3, -0.25) is 9.89 Å². The number of rotatable bonds is 4. The molecule has 2 aromatic heterocycles. The second kappa shape index (κ2) is 5.66. The van der Waals surface area contributed by atoms with E-state index in [1.54, 1.807) is 18.3 Å². The second-order valence-corrected chi connectivity index (χ2v) is 5.41. The van der Waals surface area contributed by atoms with E-state index in [0.29, 0.717) is 16.8 Å². The van der Waals surface area contributed by atoms with Crippen molar-refractivity contribution in [3.8, 4) is 11.1 Å². The number of hydrogen-bond donors (Lipinski definition) is 3. The second-order valence-electron chi connectivity index (χ2n) is 5.41. The highest BCUT2D eigenvalue weighted by molar-refractivity contribution is 6.07. The van der Waals surface area contributed by atoms with Crippen molar-refractivity contribution in [3.63, 3.8) is 0 Å². The zero-order chi connectivity index (χ0) is 17.4. The molecule has 6 nitrogen and oxygen atoms in total. The Bertz CT molecular complexity index is 1000. The number of amides is 1. The van der Waals surface area contributed by atoms with Crippen molar-refractivity contribution in [1.29, 1.82) is 0 Å². The van der Waals surface area contributed by atoms with Gasteiger partial charge in [-0.2, -0.15) is 5.10 Å². The van der Waals surface area contributed by atoms with E-state index in [1.165, 1.54) is 0 Å². The van der Waals surface area contributed by atoms with E-state index in [9.17, 15) is 4.79 Å². The molecule has 3 rings (SSSR count). The number of aromatic nitrogens is 3. The Morgan fingerprint density at radius 3 is 2.62 bits per heavy atom. The van der Waals surface area contributed by atoms with Crippen molar-refractivity contribution >= 4 is 34.6 Å². The normalized spacial score (nSPS) is 10.7. The van der Waals surface area contributed by atoms with Gasteiger partial charge in [0.05, 0.1) is 23.1 Å². The third-order valence-corrected chi connectivity index (χ3v) is 4.02. The summed E-state index contributed by atoms with van der Waals surface area (Å²) < 4.78 is 0. The van der Waals surface area contributed by atoms with Crippen molar-refractivity contribution in [2.45, 2.75) is 6.92 Å². The van der Waals surface area contributed by atoms with Crippen LogP contribution in [0.1, 0.15) is 27.3 Å². The zero-order valence-electron chi connectivity index (χ0n) is 13.3. The van der Waals surface area contributed by atoms with Crippen molar-refractivity contribution in [1.82, 2.24) is 15.2 Å². The minimum Gasteiger partial charge on any atom is -0.396 e. The maximum absolute atomic E-state index is 11.8. The number of nitrogens with zero attached hydrogens (tertiary/aromatic N) is 2. The van der Waals surface area contributed by atoms with Crippen LogP contribution in [0.4, 0.5) is 5.69 Å². The molecule has 6 heteroatoms. The number of pyridine rings is 1. The average molecular weight is 319 g/mol. The maximum atomic E-state index is 11.8. The van der Waals surface area contributed by atoms with Crippen molar-refractivity contribution in [2.75, 3.05) is 5.73 Å². The van der Waals surface area contributed by atoms with Gasteiger partial charge in [0.15, 0.2) is 5.69 Å². The lowest BCUT2D eigenvalue weighted by Crippen LogP contribution is -2.18. The molecular formula is C18H17N5O. The highest BCUT2D eigenvalue weighted by Crippen LogP contribution is 2.39. The molecule has 1 amide bonds. The lowest BCUT2D eigenvalue weighted by Gasteiger charge is -2.17. The molecule has 0 unspecified atom stereocenters. The third-order valence-electron chi connectivity index (χ3n) is 4.02. The Balaban J connectivity index is 2.54. The standard InChI is InChI=1S/C18H17N5O/c1-4-10-12(5-2)22-17(18(20)24)16(19)15(10)14-9(3)6-7-13-11(14)8-21-23-13/h4-8H,1-2,19H2,3H3,(H2,20,24)(H,21,23). The molecule has 0 radical (unpaired) electrons. The van der Waals surface area contributed by atoms with Crippen LogP contribution < -0.4 is 11.5 Å². The molecule has 120 valence electrons. The molecule has 0 bridgehead atoms. The summed E-state index contributed by atoms with van der Waals surface area (Å²) in [4.78, 5) is 16.0. The van der Waals surface area contributed by atoms with E-state index in [2.05, 4.69) is 28.3 Å². The van der Waals surface area contributed by atoms with Crippen LogP contribution in [0, 0.1) is 6.92 Å². The number of H-pyrrole nitrogens is 1. The predicted molar refractivity (Wildman–Crippen MR) is 97.2 cm³/mol. The fourth-order valence-electron chi connectivity index (χ4n) is 2.91. The Kier molecular flexibility index (Phi) is 3.65. The zero-order valence-corrected chi connectivity index (χ0v) is 13.3. The van der Waals surface area contributed by atoms with Crippen LogP contribution in [0.2, 0.25) is 0 Å². The van der Waals surface area contributed by atoms with Gasteiger partial charge in [-0.05, 0) is 30.2 Å². The van der Waals surface area contributed by atoms with E-state index in [0.717, 1.165) is 22.0 Å². The Morgan fingerprint density at radius 2 is 2.00 bits per heavy atom. The highest BCUT2D eigenvalue weighted by atomic mass is 16.1. The molecule has 0 aliphatic carbocycles.